The normalized spacial score (nSPS) is 11.1. The van der Waals surface area contributed by atoms with Crippen molar-refractivity contribution in [3.63, 3.8) is 0 Å². The van der Waals surface area contributed by atoms with E-state index < -0.39 is 0 Å². The number of hydrogen-bond donors (Lipinski definition) is 0. The highest BCUT2D eigenvalue weighted by Crippen LogP contribution is 2.30. The summed E-state index contributed by atoms with van der Waals surface area (Å²) in [7, 11) is 3.51. The lowest BCUT2D eigenvalue weighted by Crippen LogP contribution is -2.38. The minimum Gasteiger partial charge on any atom is -0.496 e. The van der Waals surface area contributed by atoms with Gasteiger partial charge >= 0.3 is 0 Å². The van der Waals surface area contributed by atoms with Crippen LogP contribution in [-0.4, -0.2) is 62.3 Å². The number of hydrogen-bond acceptors (Lipinski definition) is 4. The summed E-state index contributed by atoms with van der Waals surface area (Å²) >= 11 is 0. The molecule has 242 valence electrons. The lowest BCUT2D eigenvalue weighted by Gasteiger charge is -2.30. The van der Waals surface area contributed by atoms with Gasteiger partial charge in [0.1, 0.15) is 11.5 Å². The summed E-state index contributed by atoms with van der Waals surface area (Å²) in [5.41, 5.74) is 2.76. The summed E-state index contributed by atoms with van der Waals surface area (Å²) in [6.45, 7) is 22.2. The molecule has 0 aliphatic carbocycles. The van der Waals surface area contributed by atoms with Crippen molar-refractivity contribution in [2.75, 3.05) is 40.4 Å². The van der Waals surface area contributed by atoms with Crippen LogP contribution in [0, 0.1) is 0 Å². The van der Waals surface area contributed by atoms with E-state index in [-0.39, 0.29) is 0 Å². The van der Waals surface area contributed by atoms with Crippen molar-refractivity contribution in [1.82, 2.24) is 9.80 Å². The van der Waals surface area contributed by atoms with Crippen molar-refractivity contribution in [1.29, 1.82) is 0 Å². The average molecular weight is 601 g/mol. The Kier molecular flexibility index (Phi) is 16.9. The fraction of sp³-hybridized carbons (Fsp3) is 0.500. The van der Waals surface area contributed by atoms with Gasteiger partial charge in [0.2, 0.25) is 0 Å². The molecule has 4 heteroatoms. The summed E-state index contributed by atoms with van der Waals surface area (Å²) < 4.78 is 11.1. The Morgan fingerprint density at radius 3 is 1.30 bits per heavy atom. The Bertz CT molecular complexity index is 1340. The van der Waals surface area contributed by atoms with Crippen LogP contribution >= 0.6 is 0 Å². The predicted octanol–water partition coefficient (Wildman–Crippen LogP) is 10.0. The van der Waals surface area contributed by atoms with Gasteiger partial charge in [-0.1, -0.05) is 88.4 Å². The van der Waals surface area contributed by atoms with Gasteiger partial charge in [-0.15, -0.1) is 0 Å². The van der Waals surface area contributed by atoms with Crippen LogP contribution in [0.15, 0.2) is 72.8 Å². The highest BCUT2D eigenvalue weighted by atomic mass is 16.5. The zero-order valence-corrected chi connectivity index (χ0v) is 29.5. The van der Waals surface area contributed by atoms with Crippen LogP contribution in [0.3, 0.4) is 0 Å². The molecule has 0 heterocycles. The van der Waals surface area contributed by atoms with E-state index in [0.29, 0.717) is 12.1 Å². The first-order chi connectivity index (χ1) is 21.3. The monoisotopic (exact) mass is 600 g/mol. The number of fused-ring (bicyclic) bond motifs is 2. The summed E-state index contributed by atoms with van der Waals surface area (Å²) in [4.78, 5) is 5.10. The van der Waals surface area contributed by atoms with E-state index in [0.717, 1.165) is 37.4 Å². The molecule has 0 aromatic heterocycles. The first-order valence-electron chi connectivity index (χ1n) is 16.9. The molecule has 0 bridgehead atoms. The van der Waals surface area contributed by atoms with Crippen molar-refractivity contribution >= 4 is 21.5 Å². The number of methoxy groups -OCH3 is 2. The van der Waals surface area contributed by atoms with Gasteiger partial charge < -0.3 is 14.4 Å². The Hall–Kier alpha value is -3.08. The van der Waals surface area contributed by atoms with Crippen molar-refractivity contribution < 1.29 is 9.47 Å². The molecule has 0 N–H and O–H groups in total. The molecule has 0 unspecified atom stereocenters. The highest BCUT2D eigenvalue weighted by molar-refractivity contribution is 5.92. The minimum atomic E-state index is 0.571. The first kappa shape index (κ1) is 37.1. The second-order valence-corrected chi connectivity index (χ2v) is 11.7. The molecule has 0 radical (unpaired) electrons. The van der Waals surface area contributed by atoms with Gasteiger partial charge in [-0.25, -0.2) is 0 Å². The van der Waals surface area contributed by atoms with Gasteiger partial charge in [-0.3, -0.25) is 4.90 Å². The van der Waals surface area contributed by atoms with Gasteiger partial charge in [0.05, 0.1) is 14.2 Å². The molecule has 0 atom stereocenters. The van der Waals surface area contributed by atoms with Crippen LogP contribution in [0.2, 0.25) is 0 Å². The molecule has 0 saturated carbocycles. The molecule has 0 saturated heterocycles. The van der Waals surface area contributed by atoms with Crippen LogP contribution in [-0.2, 0) is 12.8 Å². The van der Waals surface area contributed by atoms with Crippen molar-refractivity contribution in [2.45, 2.75) is 93.2 Å². The number of benzene rings is 4. The Balaban J connectivity index is 0.000000291. The maximum absolute atomic E-state index is 5.56. The molecule has 0 spiro atoms. The van der Waals surface area contributed by atoms with E-state index in [1.54, 1.807) is 14.2 Å². The standard InChI is InChI=1S/2C19H27NO.C2H6/c1-14(2)20(15(3)4)13-12-17-9-6-8-16-10-7-11-18(21-5)19(16)17;1-4-13-20(14-5-2)15-12-17-9-6-8-16-10-7-11-18(21-3)19(16)17;1-2/h6-11,14-15H,12-13H2,1-5H3;6-11H,4-5,12-15H2,1-3H3;1-2H3. The predicted molar refractivity (Wildman–Crippen MR) is 194 cm³/mol. The van der Waals surface area contributed by atoms with E-state index in [1.165, 1.54) is 58.6 Å². The topological polar surface area (TPSA) is 24.9 Å². The molecular formula is C40H60N2O2. The van der Waals surface area contributed by atoms with Crippen LogP contribution in [0.4, 0.5) is 0 Å². The van der Waals surface area contributed by atoms with E-state index in [4.69, 9.17) is 9.47 Å². The maximum atomic E-state index is 5.56. The maximum Gasteiger partial charge on any atom is 0.126 e. The molecule has 0 aliphatic heterocycles. The van der Waals surface area contributed by atoms with Crippen molar-refractivity contribution in [3.8, 4) is 11.5 Å². The molecule has 0 fully saturated rings. The van der Waals surface area contributed by atoms with E-state index in [9.17, 15) is 0 Å². The largest absolute Gasteiger partial charge is 0.496 e. The summed E-state index contributed by atoms with van der Waals surface area (Å²) in [6, 6.07) is 26.8. The Morgan fingerprint density at radius 2 is 0.932 bits per heavy atom. The molecule has 0 amide bonds. The fourth-order valence-corrected chi connectivity index (χ4v) is 6.13. The smallest absolute Gasteiger partial charge is 0.126 e. The van der Waals surface area contributed by atoms with E-state index in [2.05, 4.69) is 124 Å². The highest BCUT2D eigenvalue weighted by Gasteiger charge is 2.15. The van der Waals surface area contributed by atoms with Gasteiger partial charge in [0.15, 0.2) is 0 Å². The zero-order chi connectivity index (χ0) is 32.5. The van der Waals surface area contributed by atoms with Gasteiger partial charge in [-0.2, -0.15) is 0 Å². The summed E-state index contributed by atoms with van der Waals surface area (Å²) in [5.74, 6) is 1.96. The third-order valence-electron chi connectivity index (χ3n) is 8.09. The van der Waals surface area contributed by atoms with E-state index >= 15 is 0 Å². The molecule has 4 nitrogen and oxygen atoms in total. The van der Waals surface area contributed by atoms with Crippen molar-refractivity contribution in [3.05, 3.63) is 83.9 Å². The van der Waals surface area contributed by atoms with Crippen LogP contribution in [0.1, 0.15) is 79.4 Å². The molecule has 4 rings (SSSR count). The second-order valence-electron chi connectivity index (χ2n) is 11.7. The zero-order valence-electron chi connectivity index (χ0n) is 29.5. The number of rotatable bonds is 14. The Morgan fingerprint density at radius 1 is 0.545 bits per heavy atom. The van der Waals surface area contributed by atoms with Gasteiger partial charge in [0.25, 0.3) is 0 Å². The molecule has 44 heavy (non-hydrogen) atoms. The van der Waals surface area contributed by atoms with Crippen LogP contribution in [0.5, 0.6) is 11.5 Å². The second kappa shape index (κ2) is 20.0. The molecule has 0 aliphatic rings. The van der Waals surface area contributed by atoms with Crippen LogP contribution < -0.4 is 9.47 Å². The molecule has 4 aromatic rings. The molecular weight excluding hydrogens is 540 g/mol. The summed E-state index contributed by atoms with van der Waals surface area (Å²) in [5, 5.41) is 5.06. The van der Waals surface area contributed by atoms with E-state index in [1.807, 2.05) is 13.8 Å². The van der Waals surface area contributed by atoms with Gasteiger partial charge in [-0.05, 0) is 100 Å². The lowest BCUT2D eigenvalue weighted by molar-refractivity contribution is 0.177. The minimum absolute atomic E-state index is 0.571. The van der Waals surface area contributed by atoms with Crippen LogP contribution in [0.25, 0.3) is 21.5 Å². The third-order valence-corrected chi connectivity index (χ3v) is 8.09. The Labute approximate surface area is 269 Å². The number of nitrogens with zero attached hydrogens (tertiary/aromatic N) is 2. The summed E-state index contributed by atoms with van der Waals surface area (Å²) in [6.07, 6.45) is 4.57. The first-order valence-corrected chi connectivity index (χ1v) is 16.9. The third kappa shape index (κ3) is 10.5. The lowest BCUT2D eigenvalue weighted by atomic mass is 10.0. The quantitative estimate of drug-likeness (QED) is 0.144. The SMILES string of the molecule is CC.CCCN(CCC)CCc1cccc2cccc(OC)c12.COc1cccc2cccc(CCN(C(C)C)C(C)C)c12. The molecule has 4 aromatic carbocycles. The average Bonchev–Trinajstić information content (AvgIpc) is 3.04. The fourth-order valence-electron chi connectivity index (χ4n) is 6.13. The van der Waals surface area contributed by atoms with Gasteiger partial charge in [0, 0.05) is 35.9 Å². The number of ether oxygens (including phenoxy) is 2. The van der Waals surface area contributed by atoms with Crippen molar-refractivity contribution in [2.24, 2.45) is 0 Å².